The normalized spacial score (nSPS) is 12.9. The van der Waals surface area contributed by atoms with Crippen LogP contribution >= 0.6 is 27.2 Å². The largest absolute Gasteiger partial charge is 0.494 e. The Morgan fingerprint density at radius 1 is 0.700 bits per heavy atom. The fraction of sp³-hybridized carbons (Fsp3) is 0.219. The first-order valence-corrected chi connectivity index (χ1v) is 18.2. The topological polar surface area (TPSA) is 160 Å². The monoisotopic (exact) mass is 762 g/mol. The molecular formula is C32H29F5O10P2S. The third-order valence-electron chi connectivity index (χ3n) is 7.80. The van der Waals surface area contributed by atoms with Gasteiger partial charge in [-0.1, -0.05) is 60.7 Å². The predicted octanol–water partition coefficient (Wildman–Crippen LogP) is 7.48. The molecule has 0 fully saturated rings. The lowest BCUT2D eigenvalue weighted by Crippen LogP contribution is -2.41. The van der Waals surface area contributed by atoms with E-state index in [0.29, 0.717) is 4.90 Å². The van der Waals surface area contributed by atoms with Crippen LogP contribution in [0.15, 0.2) is 95.9 Å². The maximum Gasteiger partial charge on any atom is 0.399 e. The second kappa shape index (κ2) is 15.0. The average Bonchev–Trinajstić information content (AvgIpc) is 3.06. The van der Waals surface area contributed by atoms with E-state index < -0.39 is 54.7 Å². The molecule has 4 N–H and O–H groups in total. The number of carbonyl (C=O) groups is 1. The summed E-state index contributed by atoms with van der Waals surface area (Å²) in [4.78, 5) is 56.5. The Hall–Kier alpha value is -3.43. The van der Waals surface area contributed by atoms with Crippen molar-refractivity contribution in [2.24, 2.45) is 0 Å². The predicted molar refractivity (Wildman–Crippen MR) is 172 cm³/mol. The number of ketones is 1. The first-order valence-electron chi connectivity index (χ1n) is 14.2. The van der Waals surface area contributed by atoms with Gasteiger partial charge in [0.15, 0.2) is 17.3 Å². The maximum atomic E-state index is 15.0. The van der Waals surface area contributed by atoms with Crippen molar-refractivity contribution in [1.29, 1.82) is 0 Å². The smallest absolute Gasteiger partial charge is 0.399 e. The standard InChI is InChI=1S/C32H29F5O10P2S/c1-45-28-16-7-22(17-27(28)33)29(38)30(23-12-14-26(15-13-23)50-47-46-2,18-20-3-8-24(9-4-20)31(34,35)48(39,40)41)19-21-5-10-25(11-6-21)32(36,37)49(42,43)44/h3-17H,18-19H2,1-2H3,(H2,39,40,41)(H2,42,43,44). The molecule has 50 heavy (non-hydrogen) atoms. The highest BCUT2D eigenvalue weighted by atomic mass is 32.2. The van der Waals surface area contributed by atoms with Gasteiger partial charge in [0.1, 0.15) is 0 Å². The Bertz CT molecular complexity index is 1840. The second-order valence-electron chi connectivity index (χ2n) is 11.0. The Balaban J connectivity index is 1.93. The number of halogens is 5. The van der Waals surface area contributed by atoms with Gasteiger partial charge in [-0.3, -0.25) is 13.9 Å². The first kappa shape index (κ1) is 39.4. The average molecular weight is 763 g/mol. The first-order chi connectivity index (χ1) is 23.3. The van der Waals surface area contributed by atoms with Crippen molar-refractivity contribution in [1.82, 2.24) is 0 Å². The van der Waals surface area contributed by atoms with Crippen molar-refractivity contribution in [3.63, 3.8) is 0 Å². The molecule has 0 radical (unpaired) electrons. The van der Waals surface area contributed by atoms with E-state index in [1.807, 2.05) is 0 Å². The van der Waals surface area contributed by atoms with E-state index >= 15 is 0 Å². The highest BCUT2D eigenvalue weighted by Gasteiger charge is 2.51. The summed E-state index contributed by atoms with van der Waals surface area (Å²) < 4.78 is 106. The van der Waals surface area contributed by atoms with Gasteiger partial charge in [-0.25, -0.2) is 9.28 Å². The molecule has 0 heterocycles. The number of Topliss-reactive ketones (excluding diaryl/α,β-unsaturated/α-hetero) is 1. The lowest BCUT2D eigenvalue weighted by Gasteiger charge is -2.34. The number of rotatable bonds is 15. The van der Waals surface area contributed by atoms with Crippen molar-refractivity contribution >= 4 is 33.0 Å². The number of alkyl halides is 4. The van der Waals surface area contributed by atoms with Crippen LogP contribution in [0, 0.1) is 5.82 Å². The van der Waals surface area contributed by atoms with E-state index in [-0.39, 0.29) is 40.8 Å². The molecule has 4 aromatic rings. The van der Waals surface area contributed by atoms with E-state index in [1.54, 1.807) is 12.1 Å². The number of hydrogen-bond donors (Lipinski definition) is 4. The van der Waals surface area contributed by atoms with Gasteiger partial charge in [0.05, 0.1) is 31.7 Å². The summed E-state index contributed by atoms with van der Waals surface area (Å²) in [6.45, 7) is 0. The summed E-state index contributed by atoms with van der Waals surface area (Å²) in [7, 11) is -9.31. The molecule has 0 atom stereocenters. The van der Waals surface area contributed by atoms with Crippen LogP contribution in [0.1, 0.15) is 38.2 Å². The second-order valence-corrected chi connectivity index (χ2v) is 15.1. The van der Waals surface area contributed by atoms with Gasteiger partial charge in [-0.05, 0) is 59.9 Å². The van der Waals surface area contributed by atoms with E-state index in [4.69, 9.17) is 9.07 Å². The molecule has 10 nitrogen and oxygen atoms in total. The van der Waals surface area contributed by atoms with Crippen LogP contribution in [0.5, 0.6) is 5.75 Å². The summed E-state index contributed by atoms with van der Waals surface area (Å²) in [5, 5.41) is 0. The summed E-state index contributed by atoms with van der Waals surface area (Å²) >= 11 is 0.830. The Labute approximate surface area is 286 Å². The fourth-order valence-electron chi connectivity index (χ4n) is 5.22. The van der Waals surface area contributed by atoms with Crippen LogP contribution in [0.3, 0.4) is 0 Å². The summed E-state index contributed by atoms with van der Waals surface area (Å²) in [5.41, 5.74) is -12.2. The lowest BCUT2D eigenvalue weighted by molar-refractivity contribution is -0.160. The van der Waals surface area contributed by atoms with Gasteiger partial charge in [0, 0.05) is 21.6 Å². The van der Waals surface area contributed by atoms with Crippen LogP contribution in [-0.4, -0.2) is 39.6 Å². The highest BCUT2D eigenvalue weighted by Crippen LogP contribution is 2.60. The molecule has 0 aliphatic heterocycles. The molecule has 4 rings (SSSR count). The molecule has 4 aromatic carbocycles. The highest BCUT2D eigenvalue weighted by molar-refractivity contribution is 7.94. The van der Waals surface area contributed by atoms with Crippen molar-refractivity contribution in [3.8, 4) is 5.75 Å². The van der Waals surface area contributed by atoms with E-state index in [0.717, 1.165) is 66.6 Å². The molecule has 0 saturated carbocycles. The SMILES string of the molecule is COOSc1ccc(C(Cc2ccc(C(F)(F)P(=O)(O)O)cc2)(Cc2ccc(C(F)(F)P(=O)(O)O)cc2)C(=O)c2ccc(OC)c(F)c2)cc1. The molecule has 0 aromatic heterocycles. The van der Waals surface area contributed by atoms with Crippen molar-refractivity contribution in [2.45, 2.75) is 34.5 Å². The fourth-order valence-corrected chi connectivity index (χ4v) is 6.59. The number of methoxy groups -OCH3 is 1. The molecule has 0 aliphatic rings. The number of ether oxygens (including phenoxy) is 1. The molecule has 0 aliphatic carbocycles. The van der Waals surface area contributed by atoms with Crippen LogP contribution in [0.4, 0.5) is 22.0 Å². The molecule has 268 valence electrons. The van der Waals surface area contributed by atoms with Gasteiger partial charge in [-0.15, -0.1) is 0 Å². The van der Waals surface area contributed by atoms with Gasteiger partial charge in [-0.2, -0.15) is 21.9 Å². The molecule has 0 unspecified atom stereocenters. The lowest BCUT2D eigenvalue weighted by atomic mass is 9.67. The van der Waals surface area contributed by atoms with Crippen LogP contribution in [0.25, 0.3) is 0 Å². The van der Waals surface area contributed by atoms with E-state index in [2.05, 4.69) is 4.89 Å². The van der Waals surface area contributed by atoms with Crippen molar-refractivity contribution in [2.75, 3.05) is 14.2 Å². The molecular weight excluding hydrogens is 733 g/mol. The van der Waals surface area contributed by atoms with E-state index in [1.165, 1.54) is 38.5 Å². The molecule has 0 amide bonds. The molecule has 0 bridgehead atoms. The third kappa shape index (κ3) is 8.20. The Morgan fingerprint density at radius 3 is 1.52 bits per heavy atom. The van der Waals surface area contributed by atoms with Gasteiger partial charge < -0.3 is 24.3 Å². The van der Waals surface area contributed by atoms with Gasteiger partial charge in [0.2, 0.25) is 0 Å². The number of carbonyl (C=O) groups excluding carboxylic acids is 1. The zero-order valence-electron chi connectivity index (χ0n) is 26.0. The zero-order chi connectivity index (χ0) is 37.1. The van der Waals surface area contributed by atoms with Crippen LogP contribution in [-0.2, 0) is 47.9 Å². The minimum atomic E-state index is -5.90. The van der Waals surface area contributed by atoms with Crippen LogP contribution < -0.4 is 4.74 Å². The van der Waals surface area contributed by atoms with Crippen molar-refractivity contribution < 1.29 is 69.4 Å². The minimum Gasteiger partial charge on any atom is -0.494 e. The zero-order valence-corrected chi connectivity index (χ0v) is 28.6. The molecule has 18 heteroatoms. The Kier molecular flexibility index (Phi) is 11.8. The quantitative estimate of drug-likeness (QED) is 0.0238. The Morgan fingerprint density at radius 2 is 1.14 bits per heavy atom. The molecule has 0 spiro atoms. The van der Waals surface area contributed by atoms with Crippen LogP contribution in [0.2, 0.25) is 0 Å². The van der Waals surface area contributed by atoms with E-state index in [9.17, 15) is 55.5 Å². The van der Waals surface area contributed by atoms with Gasteiger partial charge >= 0.3 is 26.5 Å². The summed E-state index contributed by atoms with van der Waals surface area (Å²) in [5.74, 6) is -1.76. The maximum absolute atomic E-state index is 15.0. The third-order valence-corrected chi connectivity index (χ3v) is 10.4. The van der Waals surface area contributed by atoms with Gasteiger partial charge in [0.25, 0.3) is 0 Å². The minimum absolute atomic E-state index is 0.154. The summed E-state index contributed by atoms with van der Waals surface area (Å²) in [6.07, 6.45) is -0.606. The van der Waals surface area contributed by atoms with Crippen molar-refractivity contribution in [3.05, 3.63) is 130 Å². The molecule has 0 saturated heterocycles. The number of benzene rings is 4. The summed E-state index contributed by atoms with van der Waals surface area (Å²) in [6, 6.07) is 17.3. The number of hydrogen-bond acceptors (Lipinski definition) is 7.